The number of carbonyl (C=O) groups excluding carboxylic acids is 1. The van der Waals surface area contributed by atoms with Crippen LogP contribution in [0.5, 0.6) is 0 Å². The predicted octanol–water partition coefficient (Wildman–Crippen LogP) is 2.88. The largest absolute Gasteiger partial charge is 0.353 e. The quantitative estimate of drug-likeness (QED) is 0.699. The molecule has 2 heterocycles. The number of Topliss-reactive ketones (excluding diaryl/α,β-unsaturated/α-hetero) is 1. The Morgan fingerprint density at radius 3 is 2.68 bits per heavy atom. The number of carbonyl (C=O) groups is 1. The van der Waals surface area contributed by atoms with Gasteiger partial charge in [0, 0.05) is 35.5 Å². The Kier molecular flexibility index (Phi) is 9.14. The first kappa shape index (κ1) is 24.6. The Labute approximate surface area is 179 Å². The number of aromatic nitrogens is 1. The van der Waals surface area contributed by atoms with E-state index in [2.05, 4.69) is 16.8 Å². The highest BCUT2D eigenvalue weighted by Crippen LogP contribution is 2.34. The number of halogens is 2. The van der Waals surface area contributed by atoms with Crippen LogP contribution in [0.15, 0.2) is 29.3 Å². The summed E-state index contributed by atoms with van der Waals surface area (Å²) in [6, 6.07) is 5.44. The van der Waals surface area contributed by atoms with Crippen LogP contribution in [0.4, 0.5) is 5.82 Å². The number of pyridine rings is 1. The number of nitrogens with zero attached hydrogens (tertiary/aromatic N) is 2. The van der Waals surface area contributed by atoms with Crippen molar-refractivity contribution in [1.29, 1.82) is 0 Å². The number of hydrogen-bond donors (Lipinski definition) is 2. The lowest BCUT2D eigenvalue weighted by Crippen LogP contribution is -2.35. The molecule has 156 valence electrons. The molecule has 3 rings (SSSR count). The van der Waals surface area contributed by atoms with Gasteiger partial charge in [0.25, 0.3) is 0 Å². The SMILES string of the molecule is Cc1cnc(N2CCCC(C(=O)CN)CC2C)c2cccc([SH](=O)=O)c12.Cl.Cl. The van der Waals surface area contributed by atoms with Crippen molar-refractivity contribution in [2.45, 2.75) is 44.0 Å². The highest BCUT2D eigenvalue weighted by Gasteiger charge is 2.28. The third-order valence-electron chi connectivity index (χ3n) is 5.29. The second kappa shape index (κ2) is 10.4. The summed E-state index contributed by atoms with van der Waals surface area (Å²) in [4.78, 5) is 19.2. The smallest absolute Gasteiger partial charge is 0.168 e. The maximum absolute atomic E-state index is 12.1. The third-order valence-corrected chi connectivity index (χ3v) is 6.06. The van der Waals surface area contributed by atoms with Crippen molar-refractivity contribution in [2.24, 2.45) is 11.7 Å². The Balaban J connectivity index is 0.00000196. The number of rotatable bonds is 4. The Bertz CT molecular complexity index is 913. The topological polar surface area (TPSA) is 93.4 Å². The van der Waals surface area contributed by atoms with Gasteiger partial charge in [-0.3, -0.25) is 4.79 Å². The van der Waals surface area contributed by atoms with Crippen LogP contribution in [-0.2, 0) is 15.5 Å². The number of fused-ring (bicyclic) bond motifs is 1. The number of aryl methyl sites for hydroxylation is 1. The molecule has 1 saturated heterocycles. The van der Waals surface area contributed by atoms with E-state index in [1.54, 1.807) is 18.3 Å². The summed E-state index contributed by atoms with van der Waals surface area (Å²) in [5.41, 5.74) is 6.39. The molecule has 0 radical (unpaired) electrons. The zero-order chi connectivity index (χ0) is 18.8. The van der Waals surface area contributed by atoms with E-state index in [-0.39, 0.29) is 49.1 Å². The van der Waals surface area contributed by atoms with Crippen molar-refractivity contribution in [3.63, 3.8) is 0 Å². The average Bonchev–Trinajstić information content (AvgIpc) is 2.82. The monoisotopic (exact) mass is 447 g/mol. The number of benzene rings is 1. The van der Waals surface area contributed by atoms with Gasteiger partial charge in [0.05, 0.1) is 11.4 Å². The number of anilines is 1. The molecule has 2 unspecified atom stereocenters. The zero-order valence-corrected chi connectivity index (χ0v) is 18.5. The van der Waals surface area contributed by atoms with Gasteiger partial charge in [-0.05, 0) is 44.7 Å². The number of ketones is 1. The fourth-order valence-corrected chi connectivity index (χ4v) is 4.66. The fourth-order valence-electron chi connectivity index (χ4n) is 3.97. The van der Waals surface area contributed by atoms with Crippen molar-refractivity contribution in [3.8, 4) is 0 Å². The van der Waals surface area contributed by atoms with Crippen LogP contribution < -0.4 is 10.6 Å². The second-order valence-corrected chi connectivity index (χ2v) is 8.01. The van der Waals surface area contributed by atoms with Gasteiger partial charge in [-0.25, -0.2) is 13.4 Å². The van der Waals surface area contributed by atoms with Gasteiger partial charge >= 0.3 is 0 Å². The summed E-state index contributed by atoms with van der Waals surface area (Å²) >= 11 is 0. The highest BCUT2D eigenvalue weighted by molar-refractivity contribution is 7.72. The van der Waals surface area contributed by atoms with Gasteiger partial charge < -0.3 is 10.6 Å². The van der Waals surface area contributed by atoms with Crippen LogP contribution in [0.25, 0.3) is 10.8 Å². The maximum Gasteiger partial charge on any atom is 0.168 e. The van der Waals surface area contributed by atoms with Crippen molar-refractivity contribution in [1.82, 2.24) is 4.98 Å². The van der Waals surface area contributed by atoms with E-state index >= 15 is 0 Å². The van der Waals surface area contributed by atoms with E-state index in [1.807, 2.05) is 13.0 Å². The minimum atomic E-state index is -2.68. The molecule has 0 amide bonds. The predicted molar refractivity (Wildman–Crippen MR) is 118 cm³/mol. The summed E-state index contributed by atoms with van der Waals surface area (Å²) in [6.07, 6.45) is 4.19. The second-order valence-electron chi connectivity index (χ2n) is 7.01. The molecule has 2 N–H and O–H groups in total. The standard InChI is InChI=1S/C19H25N3O3S.2ClH/c1-12-11-21-19(15-6-3-7-17(18(12)15)26(24)25)22-8-4-5-14(9-13(22)2)16(23)10-20;;/h3,6-7,11,13-14,26H,4-5,8-10,20H2,1-2H3;2*1H. The van der Waals surface area contributed by atoms with E-state index in [0.717, 1.165) is 48.0 Å². The van der Waals surface area contributed by atoms with Crippen LogP contribution in [-0.4, -0.2) is 38.3 Å². The molecule has 2 atom stereocenters. The van der Waals surface area contributed by atoms with Gasteiger partial charge in [-0.1, -0.05) is 12.1 Å². The molecular weight excluding hydrogens is 421 g/mol. The minimum Gasteiger partial charge on any atom is -0.353 e. The van der Waals surface area contributed by atoms with Gasteiger partial charge in [-0.2, -0.15) is 0 Å². The lowest BCUT2D eigenvalue weighted by molar-refractivity contribution is -0.121. The normalized spacial score (nSPS) is 19.6. The first-order chi connectivity index (χ1) is 12.4. The molecule has 0 aliphatic carbocycles. The van der Waals surface area contributed by atoms with Gasteiger partial charge in [0.15, 0.2) is 10.7 Å². The van der Waals surface area contributed by atoms with Gasteiger partial charge in [-0.15, -0.1) is 24.8 Å². The summed E-state index contributed by atoms with van der Waals surface area (Å²) in [5, 5.41) is 1.58. The summed E-state index contributed by atoms with van der Waals surface area (Å²) in [7, 11) is -2.68. The lowest BCUT2D eigenvalue weighted by Gasteiger charge is -2.30. The van der Waals surface area contributed by atoms with Crippen LogP contribution in [0.3, 0.4) is 0 Å². The number of nitrogens with two attached hydrogens (primary N) is 1. The molecular formula is C19H27Cl2N3O3S. The van der Waals surface area contributed by atoms with E-state index in [1.165, 1.54) is 0 Å². The summed E-state index contributed by atoms with van der Waals surface area (Å²) < 4.78 is 23.4. The fraction of sp³-hybridized carbons (Fsp3) is 0.474. The van der Waals surface area contributed by atoms with E-state index < -0.39 is 10.7 Å². The molecule has 1 aromatic carbocycles. The lowest BCUT2D eigenvalue weighted by atomic mass is 9.93. The molecule has 28 heavy (non-hydrogen) atoms. The molecule has 1 aliphatic heterocycles. The summed E-state index contributed by atoms with van der Waals surface area (Å²) in [5.74, 6) is 0.895. The molecule has 2 aromatic rings. The van der Waals surface area contributed by atoms with Crippen molar-refractivity contribution in [2.75, 3.05) is 18.0 Å². The molecule has 0 spiro atoms. The first-order valence-corrected chi connectivity index (χ1v) is 10.1. The van der Waals surface area contributed by atoms with Crippen molar-refractivity contribution < 1.29 is 13.2 Å². The summed E-state index contributed by atoms with van der Waals surface area (Å²) in [6.45, 7) is 4.84. The molecule has 0 bridgehead atoms. The average molecular weight is 448 g/mol. The first-order valence-electron chi connectivity index (χ1n) is 8.96. The Morgan fingerprint density at radius 1 is 1.32 bits per heavy atom. The molecule has 9 heteroatoms. The maximum atomic E-state index is 12.1. The van der Waals surface area contributed by atoms with Crippen LogP contribution in [0, 0.1) is 12.8 Å². The molecule has 0 saturated carbocycles. The van der Waals surface area contributed by atoms with Crippen LogP contribution in [0.2, 0.25) is 0 Å². The van der Waals surface area contributed by atoms with Crippen molar-refractivity contribution in [3.05, 3.63) is 30.0 Å². The number of thiol groups is 1. The van der Waals surface area contributed by atoms with Gasteiger partial charge in [0.1, 0.15) is 11.6 Å². The van der Waals surface area contributed by atoms with Crippen LogP contribution in [0.1, 0.15) is 31.7 Å². The van der Waals surface area contributed by atoms with Gasteiger partial charge in [0.2, 0.25) is 0 Å². The Hall–Kier alpha value is -1.41. The van der Waals surface area contributed by atoms with E-state index in [0.29, 0.717) is 4.90 Å². The highest BCUT2D eigenvalue weighted by atomic mass is 35.5. The zero-order valence-electron chi connectivity index (χ0n) is 16.0. The molecule has 6 nitrogen and oxygen atoms in total. The Morgan fingerprint density at radius 2 is 2.04 bits per heavy atom. The minimum absolute atomic E-state index is 0. The van der Waals surface area contributed by atoms with E-state index in [9.17, 15) is 13.2 Å². The molecule has 1 fully saturated rings. The van der Waals surface area contributed by atoms with E-state index in [4.69, 9.17) is 5.73 Å². The van der Waals surface area contributed by atoms with Crippen molar-refractivity contribution >= 4 is 57.9 Å². The third kappa shape index (κ3) is 4.76. The van der Waals surface area contributed by atoms with Crippen LogP contribution >= 0.6 is 24.8 Å². The number of hydrogen-bond acceptors (Lipinski definition) is 6. The molecule has 1 aliphatic rings. The molecule has 1 aromatic heterocycles.